The van der Waals surface area contributed by atoms with E-state index < -0.39 is 0 Å². The Hall–Kier alpha value is -1.29. The highest BCUT2D eigenvalue weighted by molar-refractivity contribution is 5.93. The van der Waals surface area contributed by atoms with Crippen LogP contribution < -0.4 is 5.73 Å². The van der Waals surface area contributed by atoms with Crippen LogP contribution in [-0.4, -0.2) is 34.5 Å². The quantitative estimate of drug-likeness (QED) is 0.839. The summed E-state index contributed by atoms with van der Waals surface area (Å²) in [7, 11) is 0. The average Bonchev–Trinajstić information content (AvgIpc) is 2.84. The molecule has 1 aromatic rings. The topological polar surface area (TPSA) is 51.3 Å². The second-order valence-corrected chi connectivity index (χ2v) is 5.19. The highest BCUT2D eigenvalue weighted by Gasteiger charge is 2.28. The van der Waals surface area contributed by atoms with E-state index in [0.717, 1.165) is 18.7 Å². The predicted octanol–water partition coefficient (Wildman–Crippen LogP) is 1.39. The second kappa shape index (κ2) is 4.18. The van der Waals surface area contributed by atoms with Crippen LogP contribution in [0.5, 0.6) is 0 Å². The molecule has 1 aromatic heterocycles. The van der Waals surface area contributed by atoms with Crippen LogP contribution in [0.4, 0.5) is 0 Å². The number of hydrogen-bond acceptors (Lipinski definition) is 2. The first-order valence-electron chi connectivity index (χ1n) is 6.47. The van der Waals surface area contributed by atoms with Crippen molar-refractivity contribution >= 4 is 5.91 Å². The van der Waals surface area contributed by atoms with Gasteiger partial charge in [-0.1, -0.05) is 0 Å². The van der Waals surface area contributed by atoms with Crippen LogP contribution in [0.3, 0.4) is 0 Å². The molecule has 2 heterocycles. The summed E-state index contributed by atoms with van der Waals surface area (Å²) in [5, 5.41) is 0. The van der Waals surface area contributed by atoms with E-state index >= 15 is 0 Å². The zero-order chi connectivity index (χ0) is 11.8. The van der Waals surface area contributed by atoms with E-state index in [-0.39, 0.29) is 11.9 Å². The normalized spacial score (nSPS) is 25.0. The summed E-state index contributed by atoms with van der Waals surface area (Å²) in [5.41, 5.74) is 6.69. The van der Waals surface area contributed by atoms with Gasteiger partial charge in [0, 0.05) is 31.4 Å². The maximum atomic E-state index is 12.4. The molecule has 4 nitrogen and oxygen atoms in total. The third kappa shape index (κ3) is 1.86. The van der Waals surface area contributed by atoms with Crippen LogP contribution in [-0.2, 0) is 0 Å². The van der Waals surface area contributed by atoms with Gasteiger partial charge in [-0.3, -0.25) is 4.79 Å². The Morgan fingerprint density at radius 1 is 1.35 bits per heavy atom. The molecule has 2 aliphatic rings. The number of nitrogens with zero attached hydrogens (tertiary/aromatic N) is 2. The van der Waals surface area contributed by atoms with Gasteiger partial charge < -0.3 is 15.2 Å². The van der Waals surface area contributed by atoms with Gasteiger partial charge in [0.15, 0.2) is 0 Å². The van der Waals surface area contributed by atoms with Crippen LogP contribution in [0.2, 0.25) is 0 Å². The molecule has 92 valence electrons. The van der Waals surface area contributed by atoms with Gasteiger partial charge in [0.25, 0.3) is 5.91 Å². The van der Waals surface area contributed by atoms with Crippen molar-refractivity contribution in [1.82, 2.24) is 9.47 Å². The SMILES string of the molecule is N[C@H]1CCN(C(=O)c2cccn2C2CCC2)C1. The number of rotatable bonds is 2. The Morgan fingerprint density at radius 2 is 2.18 bits per heavy atom. The summed E-state index contributed by atoms with van der Waals surface area (Å²) >= 11 is 0. The Morgan fingerprint density at radius 3 is 2.76 bits per heavy atom. The molecule has 1 atom stereocenters. The fourth-order valence-corrected chi connectivity index (χ4v) is 2.69. The van der Waals surface area contributed by atoms with E-state index in [1.54, 1.807) is 0 Å². The van der Waals surface area contributed by atoms with E-state index in [0.29, 0.717) is 12.6 Å². The molecule has 1 amide bonds. The van der Waals surface area contributed by atoms with Crippen LogP contribution in [0.1, 0.15) is 42.2 Å². The maximum absolute atomic E-state index is 12.4. The number of amides is 1. The van der Waals surface area contributed by atoms with Gasteiger partial charge in [0.1, 0.15) is 5.69 Å². The molecule has 0 spiro atoms. The molecule has 1 aliphatic heterocycles. The molecule has 17 heavy (non-hydrogen) atoms. The van der Waals surface area contributed by atoms with Crippen LogP contribution in [0.15, 0.2) is 18.3 Å². The van der Waals surface area contributed by atoms with Gasteiger partial charge in [-0.25, -0.2) is 0 Å². The zero-order valence-corrected chi connectivity index (χ0v) is 10.0. The lowest BCUT2D eigenvalue weighted by atomic mass is 9.93. The lowest BCUT2D eigenvalue weighted by Gasteiger charge is -2.29. The number of nitrogens with two attached hydrogens (primary N) is 1. The fourth-order valence-electron chi connectivity index (χ4n) is 2.69. The zero-order valence-electron chi connectivity index (χ0n) is 10.0. The molecule has 2 N–H and O–H groups in total. The van der Waals surface area contributed by atoms with Gasteiger partial charge in [-0.15, -0.1) is 0 Å². The number of aromatic nitrogens is 1. The van der Waals surface area contributed by atoms with Crippen molar-refractivity contribution < 1.29 is 4.79 Å². The maximum Gasteiger partial charge on any atom is 0.270 e. The summed E-state index contributed by atoms with van der Waals surface area (Å²) < 4.78 is 2.15. The van der Waals surface area contributed by atoms with Crippen molar-refractivity contribution in [1.29, 1.82) is 0 Å². The number of hydrogen-bond donors (Lipinski definition) is 1. The highest BCUT2D eigenvalue weighted by atomic mass is 16.2. The third-order valence-electron chi connectivity index (χ3n) is 3.98. The van der Waals surface area contributed by atoms with Gasteiger partial charge >= 0.3 is 0 Å². The largest absolute Gasteiger partial charge is 0.340 e. The lowest BCUT2D eigenvalue weighted by Crippen LogP contribution is -2.34. The van der Waals surface area contributed by atoms with E-state index in [9.17, 15) is 4.79 Å². The Bertz CT molecular complexity index is 422. The number of likely N-dealkylation sites (tertiary alicyclic amines) is 1. The molecule has 1 aliphatic carbocycles. The lowest BCUT2D eigenvalue weighted by molar-refractivity contribution is 0.0774. The minimum atomic E-state index is 0.148. The van der Waals surface area contributed by atoms with Crippen molar-refractivity contribution in [3.8, 4) is 0 Å². The summed E-state index contributed by atoms with van der Waals surface area (Å²) in [6.07, 6.45) is 6.65. The molecule has 0 radical (unpaired) electrons. The smallest absolute Gasteiger partial charge is 0.270 e. The molecule has 2 fully saturated rings. The number of carbonyl (C=O) groups is 1. The average molecular weight is 233 g/mol. The Kier molecular flexibility index (Phi) is 2.67. The molecule has 1 saturated carbocycles. The van der Waals surface area contributed by atoms with Crippen molar-refractivity contribution in [3.05, 3.63) is 24.0 Å². The van der Waals surface area contributed by atoms with Gasteiger partial charge in [0.2, 0.25) is 0 Å². The molecular weight excluding hydrogens is 214 g/mol. The van der Waals surface area contributed by atoms with Crippen LogP contribution >= 0.6 is 0 Å². The summed E-state index contributed by atoms with van der Waals surface area (Å²) in [5.74, 6) is 0.148. The minimum absolute atomic E-state index is 0.148. The van der Waals surface area contributed by atoms with Crippen molar-refractivity contribution in [2.24, 2.45) is 5.73 Å². The molecule has 0 unspecified atom stereocenters. The monoisotopic (exact) mass is 233 g/mol. The molecule has 0 bridgehead atoms. The first-order valence-corrected chi connectivity index (χ1v) is 6.47. The van der Waals surface area contributed by atoms with Crippen LogP contribution in [0, 0.1) is 0 Å². The Labute approximate surface area is 101 Å². The summed E-state index contributed by atoms with van der Waals surface area (Å²) in [4.78, 5) is 14.3. The van der Waals surface area contributed by atoms with Crippen molar-refractivity contribution in [2.45, 2.75) is 37.8 Å². The minimum Gasteiger partial charge on any atom is -0.340 e. The molecule has 1 saturated heterocycles. The van der Waals surface area contributed by atoms with Crippen LogP contribution in [0.25, 0.3) is 0 Å². The molecule has 0 aromatic carbocycles. The highest BCUT2D eigenvalue weighted by Crippen LogP contribution is 2.33. The second-order valence-electron chi connectivity index (χ2n) is 5.19. The summed E-state index contributed by atoms with van der Waals surface area (Å²) in [6.45, 7) is 1.50. The molecule has 4 heteroatoms. The van der Waals surface area contributed by atoms with Gasteiger partial charge in [0.05, 0.1) is 0 Å². The van der Waals surface area contributed by atoms with Crippen molar-refractivity contribution in [3.63, 3.8) is 0 Å². The fraction of sp³-hybridized carbons (Fsp3) is 0.615. The van der Waals surface area contributed by atoms with E-state index in [1.807, 2.05) is 23.2 Å². The van der Waals surface area contributed by atoms with Crippen molar-refractivity contribution in [2.75, 3.05) is 13.1 Å². The van der Waals surface area contributed by atoms with E-state index in [4.69, 9.17) is 5.73 Å². The number of carbonyl (C=O) groups excluding carboxylic acids is 1. The standard InChI is InChI=1S/C13H19N3O/c14-10-6-8-15(9-10)13(17)12-5-2-7-16(12)11-3-1-4-11/h2,5,7,10-11H,1,3-4,6,8-9,14H2/t10-/m0/s1. The molecular formula is C13H19N3O. The van der Waals surface area contributed by atoms with Gasteiger partial charge in [-0.05, 0) is 37.8 Å². The molecule has 3 rings (SSSR count). The summed E-state index contributed by atoms with van der Waals surface area (Å²) in [6, 6.07) is 4.61. The first kappa shape index (κ1) is 10.8. The third-order valence-corrected chi connectivity index (χ3v) is 3.98. The predicted molar refractivity (Wildman–Crippen MR) is 65.8 cm³/mol. The van der Waals surface area contributed by atoms with E-state index in [2.05, 4.69) is 4.57 Å². The van der Waals surface area contributed by atoms with Gasteiger partial charge in [-0.2, -0.15) is 0 Å². The first-order chi connectivity index (χ1) is 8.25. The Balaban J connectivity index is 1.79. The van der Waals surface area contributed by atoms with E-state index in [1.165, 1.54) is 19.3 Å².